The monoisotopic (exact) mass is 260 g/mol. The Hall–Kier alpha value is -0.260. The Morgan fingerprint density at radius 2 is 1.42 bits per heavy atom. The van der Waals surface area contributed by atoms with Gasteiger partial charge in [0, 0.05) is 0 Å². The van der Waals surface area contributed by atoms with E-state index < -0.39 is 0 Å². The molecule has 1 spiro atoms. The number of allylic oxidation sites excluding steroid dienone is 2. The quantitative estimate of drug-likeness (QED) is 0.488. The van der Waals surface area contributed by atoms with Crippen LogP contribution in [0.4, 0.5) is 0 Å². The van der Waals surface area contributed by atoms with Crippen molar-refractivity contribution in [1.82, 2.24) is 0 Å². The van der Waals surface area contributed by atoms with E-state index in [-0.39, 0.29) is 0 Å². The van der Waals surface area contributed by atoms with Crippen LogP contribution >= 0.6 is 0 Å². The zero-order chi connectivity index (χ0) is 13.0. The van der Waals surface area contributed by atoms with Crippen LogP contribution in [0.25, 0.3) is 0 Å². The first-order chi connectivity index (χ1) is 9.41. The molecule has 0 heterocycles. The van der Waals surface area contributed by atoms with Crippen LogP contribution < -0.4 is 0 Å². The summed E-state index contributed by atoms with van der Waals surface area (Å²) in [6.07, 6.45) is 26.1. The largest absolute Gasteiger partial charge is 0.0882 e. The molecule has 0 aliphatic heterocycles. The molecule has 0 aromatic rings. The smallest absolute Gasteiger partial charge is 0.0200 e. The van der Waals surface area contributed by atoms with E-state index in [1.165, 1.54) is 70.6 Å². The number of rotatable bonds is 1. The van der Waals surface area contributed by atoms with Crippen molar-refractivity contribution in [3.63, 3.8) is 0 Å². The van der Waals surface area contributed by atoms with Gasteiger partial charge in [0.2, 0.25) is 0 Å². The fourth-order valence-electron chi connectivity index (χ4n) is 4.87. The molecule has 0 nitrogen and oxygen atoms in total. The van der Waals surface area contributed by atoms with Gasteiger partial charge in [-0.25, -0.2) is 0 Å². The molecule has 19 heavy (non-hydrogen) atoms. The van der Waals surface area contributed by atoms with Crippen LogP contribution in [0.1, 0.15) is 89.9 Å². The lowest BCUT2D eigenvalue weighted by molar-refractivity contribution is 0.380. The molecule has 0 saturated heterocycles. The van der Waals surface area contributed by atoms with E-state index in [2.05, 4.69) is 12.2 Å². The van der Waals surface area contributed by atoms with Crippen molar-refractivity contribution in [2.45, 2.75) is 89.9 Å². The Morgan fingerprint density at radius 3 is 2.21 bits per heavy atom. The van der Waals surface area contributed by atoms with Crippen LogP contribution in [-0.4, -0.2) is 0 Å². The first kappa shape index (κ1) is 13.7. The normalized spacial score (nSPS) is 37.5. The molecule has 0 aromatic carbocycles. The molecule has 0 aromatic heterocycles. The van der Waals surface area contributed by atoms with Crippen LogP contribution in [0.15, 0.2) is 12.2 Å². The van der Waals surface area contributed by atoms with Gasteiger partial charge in [0.05, 0.1) is 0 Å². The van der Waals surface area contributed by atoms with E-state index in [0.717, 1.165) is 17.3 Å². The Kier molecular flexibility index (Phi) is 4.66. The average Bonchev–Trinajstić information content (AvgIpc) is 2.88. The van der Waals surface area contributed by atoms with Crippen LogP contribution in [-0.2, 0) is 0 Å². The fraction of sp³-hybridized carbons (Fsp3) is 0.895. The first-order valence-corrected chi connectivity index (χ1v) is 9.07. The van der Waals surface area contributed by atoms with Crippen molar-refractivity contribution in [2.75, 3.05) is 0 Å². The second-order valence-electron chi connectivity index (χ2n) is 7.52. The predicted octanol–water partition coefficient (Wildman–Crippen LogP) is 6.26. The van der Waals surface area contributed by atoms with Gasteiger partial charge in [0.15, 0.2) is 0 Å². The summed E-state index contributed by atoms with van der Waals surface area (Å²) >= 11 is 0. The van der Waals surface area contributed by atoms with E-state index in [4.69, 9.17) is 0 Å². The van der Waals surface area contributed by atoms with Gasteiger partial charge in [0.1, 0.15) is 0 Å². The summed E-state index contributed by atoms with van der Waals surface area (Å²) in [6, 6.07) is 0. The predicted molar refractivity (Wildman–Crippen MR) is 83.2 cm³/mol. The molecule has 0 heteroatoms. The van der Waals surface area contributed by atoms with Crippen molar-refractivity contribution in [2.24, 2.45) is 17.3 Å². The molecular weight excluding hydrogens is 228 g/mol. The van der Waals surface area contributed by atoms with Crippen LogP contribution in [0.2, 0.25) is 0 Å². The highest BCUT2D eigenvalue weighted by Crippen LogP contribution is 2.66. The molecule has 0 amide bonds. The molecule has 108 valence electrons. The minimum absolute atomic E-state index is 0.839. The minimum Gasteiger partial charge on any atom is -0.0882 e. The van der Waals surface area contributed by atoms with Crippen molar-refractivity contribution in [1.29, 1.82) is 0 Å². The molecule has 3 aliphatic carbocycles. The summed E-state index contributed by atoms with van der Waals surface area (Å²) < 4.78 is 0. The second-order valence-corrected chi connectivity index (χ2v) is 7.52. The third-order valence-electron chi connectivity index (χ3n) is 6.16. The van der Waals surface area contributed by atoms with Crippen molar-refractivity contribution < 1.29 is 0 Å². The molecule has 2 unspecified atom stereocenters. The van der Waals surface area contributed by atoms with Crippen LogP contribution in [0.5, 0.6) is 0 Å². The number of hydrogen-bond donors (Lipinski definition) is 0. The topological polar surface area (TPSA) is 0 Å². The summed E-state index contributed by atoms with van der Waals surface area (Å²) in [5.74, 6) is 2.02. The van der Waals surface area contributed by atoms with Crippen molar-refractivity contribution in [3.8, 4) is 0 Å². The third kappa shape index (κ3) is 3.44. The Morgan fingerprint density at radius 1 is 0.737 bits per heavy atom. The lowest BCUT2D eigenvalue weighted by atomic mass is 9.88. The van der Waals surface area contributed by atoms with Crippen molar-refractivity contribution >= 4 is 0 Å². The van der Waals surface area contributed by atoms with Crippen LogP contribution in [0.3, 0.4) is 0 Å². The minimum atomic E-state index is 0.839. The third-order valence-corrected chi connectivity index (χ3v) is 6.16. The molecule has 0 radical (unpaired) electrons. The maximum Gasteiger partial charge on any atom is -0.0200 e. The van der Waals surface area contributed by atoms with E-state index >= 15 is 0 Å². The standard InChI is InChI=1S/C19H32/c1-2-4-6-8-12-17(13-9-7-5-3-1)18-16-19(18)14-10-11-15-19/h8,12,17-18H,1-7,9-11,13-16H2/b12-8-. The molecule has 3 rings (SSSR count). The van der Waals surface area contributed by atoms with Gasteiger partial charge in [0.25, 0.3) is 0 Å². The van der Waals surface area contributed by atoms with Gasteiger partial charge in [-0.05, 0) is 55.8 Å². The van der Waals surface area contributed by atoms with E-state index in [1.807, 2.05) is 0 Å². The highest BCUT2D eigenvalue weighted by Gasteiger charge is 2.56. The zero-order valence-electron chi connectivity index (χ0n) is 12.7. The molecule has 0 bridgehead atoms. The highest BCUT2D eigenvalue weighted by atomic mass is 14.6. The lowest BCUT2D eigenvalue weighted by Gasteiger charge is -2.17. The van der Waals surface area contributed by atoms with Crippen molar-refractivity contribution in [3.05, 3.63) is 12.2 Å². The molecular formula is C19H32. The highest BCUT2D eigenvalue weighted by molar-refractivity contribution is 5.11. The Balaban J connectivity index is 1.56. The number of hydrogen-bond acceptors (Lipinski definition) is 0. The first-order valence-electron chi connectivity index (χ1n) is 9.07. The van der Waals surface area contributed by atoms with E-state index in [9.17, 15) is 0 Å². The summed E-state index contributed by atoms with van der Waals surface area (Å²) in [5, 5.41) is 0. The maximum atomic E-state index is 2.64. The molecule has 2 atom stereocenters. The fourth-order valence-corrected chi connectivity index (χ4v) is 4.87. The van der Waals surface area contributed by atoms with E-state index in [1.54, 1.807) is 19.3 Å². The zero-order valence-corrected chi connectivity index (χ0v) is 12.7. The SMILES string of the molecule is C1=C\C(C2CC23CCCC3)CCCCCCCCC/1. The van der Waals surface area contributed by atoms with E-state index in [0.29, 0.717) is 0 Å². The molecule has 0 N–H and O–H groups in total. The van der Waals surface area contributed by atoms with Gasteiger partial charge in [-0.2, -0.15) is 0 Å². The summed E-state index contributed by atoms with van der Waals surface area (Å²) in [6.45, 7) is 0. The average molecular weight is 260 g/mol. The lowest BCUT2D eigenvalue weighted by Crippen LogP contribution is -2.07. The van der Waals surface area contributed by atoms with Gasteiger partial charge >= 0.3 is 0 Å². The summed E-state index contributed by atoms with van der Waals surface area (Å²) in [5.41, 5.74) is 0.839. The van der Waals surface area contributed by atoms with Gasteiger partial charge in [-0.3, -0.25) is 0 Å². The maximum absolute atomic E-state index is 2.64. The van der Waals surface area contributed by atoms with Gasteiger partial charge in [-0.1, -0.05) is 63.5 Å². The molecule has 2 saturated carbocycles. The summed E-state index contributed by atoms with van der Waals surface area (Å²) in [4.78, 5) is 0. The Labute approximate surface area is 120 Å². The molecule has 2 fully saturated rings. The van der Waals surface area contributed by atoms with Gasteiger partial charge < -0.3 is 0 Å². The molecule has 3 aliphatic rings. The second kappa shape index (κ2) is 6.46. The van der Waals surface area contributed by atoms with Crippen LogP contribution in [0, 0.1) is 17.3 Å². The summed E-state index contributed by atoms with van der Waals surface area (Å²) in [7, 11) is 0. The Bertz CT molecular complexity index is 295. The van der Waals surface area contributed by atoms with Gasteiger partial charge in [-0.15, -0.1) is 0 Å².